The van der Waals surface area contributed by atoms with E-state index < -0.39 is 0 Å². The minimum atomic E-state index is -0.172. The molecular weight excluding hydrogens is 358 g/mol. The maximum Gasteiger partial charge on any atom is 0.322 e. The first kappa shape index (κ1) is 17.5. The Balaban J connectivity index is 1.52. The molecule has 1 aromatic heterocycles. The van der Waals surface area contributed by atoms with Crippen LogP contribution in [0.5, 0.6) is 0 Å². The number of hydrogen-bond donors (Lipinski definition) is 1. The van der Waals surface area contributed by atoms with Crippen LogP contribution in [0, 0.1) is 6.92 Å². The molecule has 1 heterocycles. The van der Waals surface area contributed by atoms with Crippen LogP contribution in [0.2, 0.25) is 5.02 Å². The molecule has 0 aliphatic rings. The molecule has 25 heavy (non-hydrogen) atoms. The Hall–Kier alpha value is -2.31. The minimum Gasteiger partial charge on any atom is -0.403 e. The fourth-order valence-electron chi connectivity index (χ4n) is 2.10. The van der Waals surface area contributed by atoms with E-state index in [-0.39, 0.29) is 17.8 Å². The van der Waals surface area contributed by atoms with Crippen molar-refractivity contribution in [2.75, 3.05) is 11.1 Å². The van der Waals surface area contributed by atoms with E-state index in [9.17, 15) is 4.79 Å². The summed E-state index contributed by atoms with van der Waals surface area (Å²) in [5.74, 6) is 0.768. The lowest BCUT2D eigenvalue weighted by atomic mass is 10.2. The molecule has 0 aliphatic heterocycles. The maximum absolute atomic E-state index is 12.0. The fourth-order valence-corrected chi connectivity index (χ4v) is 3.16. The van der Waals surface area contributed by atoms with Crippen molar-refractivity contribution in [2.24, 2.45) is 0 Å². The summed E-state index contributed by atoms with van der Waals surface area (Å²) in [4.78, 5) is 13.1. The van der Waals surface area contributed by atoms with Gasteiger partial charge in [-0.25, -0.2) is 0 Å². The number of nitrogens with zero attached hydrogens (tertiary/aromatic N) is 2. The monoisotopic (exact) mass is 373 g/mol. The van der Waals surface area contributed by atoms with Crippen LogP contribution in [-0.2, 0) is 4.79 Å². The summed E-state index contributed by atoms with van der Waals surface area (Å²) >= 11 is 7.72. The van der Waals surface area contributed by atoms with Crippen LogP contribution < -0.4 is 5.32 Å². The van der Waals surface area contributed by atoms with Gasteiger partial charge in [0, 0.05) is 17.1 Å². The molecule has 2 aromatic carbocycles. The predicted molar refractivity (Wildman–Crippen MR) is 99.9 cm³/mol. The summed E-state index contributed by atoms with van der Waals surface area (Å²) in [6, 6.07) is 15.4. The Morgan fingerprint density at radius 1 is 1.16 bits per heavy atom. The van der Waals surface area contributed by atoms with E-state index in [0.29, 0.717) is 22.8 Å². The van der Waals surface area contributed by atoms with Crippen molar-refractivity contribution in [3.05, 3.63) is 59.1 Å². The van der Waals surface area contributed by atoms with Crippen molar-refractivity contribution in [1.29, 1.82) is 0 Å². The van der Waals surface area contributed by atoms with E-state index in [1.54, 1.807) is 23.9 Å². The molecule has 3 aromatic rings. The third kappa shape index (κ3) is 4.84. The summed E-state index contributed by atoms with van der Waals surface area (Å²) in [5.41, 5.74) is 1.85. The van der Waals surface area contributed by atoms with Crippen LogP contribution in [0.4, 0.5) is 6.01 Å². The van der Waals surface area contributed by atoms with E-state index in [1.165, 1.54) is 5.56 Å². The molecule has 1 amide bonds. The minimum absolute atomic E-state index is 0.0697. The van der Waals surface area contributed by atoms with Gasteiger partial charge in [0.25, 0.3) is 5.89 Å². The van der Waals surface area contributed by atoms with E-state index >= 15 is 0 Å². The van der Waals surface area contributed by atoms with Crippen molar-refractivity contribution in [2.45, 2.75) is 18.2 Å². The molecule has 0 saturated heterocycles. The van der Waals surface area contributed by atoms with Gasteiger partial charge < -0.3 is 4.42 Å². The Labute approximate surface area is 154 Å². The molecule has 0 unspecified atom stereocenters. The van der Waals surface area contributed by atoms with Gasteiger partial charge in [-0.2, -0.15) is 0 Å². The standard InChI is InChI=1S/C18H16ClN3O2S/c1-12-6-8-13(9-7-12)25-11-10-16(23)20-18-22-21-17(24-18)14-4-2-3-5-15(14)19/h2-9H,10-11H2,1H3,(H,20,22,23). The van der Waals surface area contributed by atoms with Crippen molar-refractivity contribution >= 4 is 35.3 Å². The Morgan fingerprint density at radius 2 is 1.92 bits per heavy atom. The maximum atomic E-state index is 12.0. The molecule has 0 aliphatic carbocycles. The first-order valence-corrected chi connectivity index (χ1v) is 9.06. The number of carbonyl (C=O) groups excluding carboxylic acids is 1. The van der Waals surface area contributed by atoms with Crippen LogP contribution in [0.3, 0.4) is 0 Å². The van der Waals surface area contributed by atoms with Crippen molar-refractivity contribution in [3.63, 3.8) is 0 Å². The summed E-state index contributed by atoms with van der Waals surface area (Å²) in [7, 11) is 0. The number of rotatable bonds is 6. The smallest absolute Gasteiger partial charge is 0.322 e. The van der Waals surface area contributed by atoms with Crippen LogP contribution in [0.15, 0.2) is 57.8 Å². The zero-order chi connectivity index (χ0) is 17.6. The topological polar surface area (TPSA) is 68.0 Å². The lowest BCUT2D eigenvalue weighted by Gasteiger charge is -2.02. The van der Waals surface area contributed by atoms with Gasteiger partial charge in [-0.3, -0.25) is 10.1 Å². The molecule has 0 bridgehead atoms. The first-order valence-electron chi connectivity index (χ1n) is 7.69. The predicted octanol–water partition coefficient (Wildman–Crippen LogP) is 4.82. The van der Waals surface area contributed by atoms with Gasteiger partial charge in [0.05, 0.1) is 10.6 Å². The molecule has 0 radical (unpaired) electrons. The van der Waals surface area contributed by atoms with Crippen LogP contribution in [-0.4, -0.2) is 21.9 Å². The molecule has 0 fully saturated rings. The Kier molecular flexibility index (Phi) is 5.73. The molecule has 0 spiro atoms. The van der Waals surface area contributed by atoms with Crippen LogP contribution in [0.1, 0.15) is 12.0 Å². The number of nitrogens with one attached hydrogen (secondary N) is 1. The van der Waals surface area contributed by atoms with E-state index in [1.807, 2.05) is 31.2 Å². The number of amides is 1. The highest BCUT2D eigenvalue weighted by Gasteiger charge is 2.13. The zero-order valence-corrected chi connectivity index (χ0v) is 15.1. The second-order valence-corrected chi connectivity index (χ2v) is 6.93. The number of anilines is 1. The van der Waals surface area contributed by atoms with Gasteiger partial charge in [-0.1, -0.05) is 46.5 Å². The number of aryl methyl sites for hydroxylation is 1. The third-order valence-corrected chi connectivity index (χ3v) is 4.74. The normalized spacial score (nSPS) is 10.6. The van der Waals surface area contributed by atoms with Crippen LogP contribution >= 0.6 is 23.4 Å². The van der Waals surface area contributed by atoms with Gasteiger partial charge in [0.15, 0.2) is 0 Å². The van der Waals surface area contributed by atoms with Gasteiger partial charge >= 0.3 is 6.01 Å². The molecule has 5 nitrogen and oxygen atoms in total. The molecular formula is C18H16ClN3O2S. The van der Waals surface area contributed by atoms with E-state index in [2.05, 4.69) is 27.6 Å². The fraction of sp³-hybridized carbons (Fsp3) is 0.167. The molecule has 3 rings (SSSR count). The number of halogens is 1. The highest BCUT2D eigenvalue weighted by atomic mass is 35.5. The highest BCUT2D eigenvalue weighted by molar-refractivity contribution is 7.99. The molecule has 0 atom stereocenters. The van der Waals surface area contributed by atoms with Gasteiger partial charge in [-0.15, -0.1) is 16.9 Å². The first-order chi connectivity index (χ1) is 12.1. The zero-order valence-electron chi connectivity index (χ0n) is 13.5. The molecule has 1 N–H and O–H groups in total. The van der Waals surface area contributed by atoms with E-state index in [4.69, 9.17) is 16.0 Å². The van der Waals surface area contributed by atoms with Crippen molar-refractivity contribution < 1.29 is 9.21 Å². The summed E-state index contributed by atoms with van der Waals surface area (Å²) in [5, 5.41) is 10.9. The largest absolute Gasteiger partial charge is 0.403 e. The lowest BCUT2D eigenvalue weighted by Crippen LogP contribution is -2.12. The molecule has 0 saturated carbocycles. The molecule has 128 valence electrons. The number of hydrogen-bond acceptors (Lipinski definition) is 5. The second-order valence-electron chi connectivity index (χ2n) is 5.35. The van der Waals surface area contributed by atoms with Gasteiger partial charge in [0.1, 0.15) is 0 Å². The number of benzene rings is 2. The van der Waals surface area contributed by atoms with Crippen molar-refractivity contribution in [1.82, 2.24) is 10.2 Å². The highest BCUT2D eigenvalue weighted by Crippen LogP contribution is 2.27. The average Bonchev–Trinajstić information content (AvgIpc) is 3.05. The number of aromatic nitrogens is 2. The average molecular weight is 374 g/mol. The molecule has 7 heteroatoms. The Bertz CT molecular complexity index is 865. The lowest BCUT2D eigenvalue weighted by molar-refractivity contribution is -0.115. The van der Waals surface area contributed by atoms with Gasteiger partial charge in [0.2, 0.25) is 5.91 Å². The number of carbonyl (C=O) groups is 1. The number of thioether (sulfide) groups is 1. The van der Waals surface area contributed by atoms with Crippen molar-refractivity contribution in [3.8, 4) is 11.5 Å². The van der Waals surface area contributed by atoms with Gasteiger partial charge in [-0.05, 0) is 31.2 Å². The van der Waals surface area contributed by atoms with Crippen LogP contribution in [0.25, 0.3) is 11.5 Å². The quantitative estimate of drug-likeness (QED) is 0.627. The SMILES string of the molecule is Cc1ccc(SCCC(=O)Nc2nnc(-c3ccccc3Cl)o2)cc1. The third-order valence-electron chi connectivity index (χ3n) is 3.39. The summed E-state index contributed by atoms with van der Waals surface area (Å²) < 4.78 is 5.45. The summed E-state index contributed by atoms with van der Waals surface area (Å²) in [6.07, 6.45) is 0.350. The Morgan fingerprint density at radius 3 is 2.68 bits per heavy atom. The summed E-state index contributed by atoms with van der Waals surface area (Å²) in [6.45, 7) is 2.04. The second kappa shape index (κ2) is 8.18. The van der Waals surface area contributed by atoms with E-state index in [0.717, 1.165) is 4.90 Å².